The van der Waals surface area contributed by atoms with Gasteiger partial charge in [0.15, 0.2) is 0 Å². The van der Waals surface area contributed by atoms with Gasteiger partial charge in [0.05, 0.1) is 12.7 Å². The number of carbonyl (C=O) groups is 2. The van der Waals surface area contributed by atoms with Gasteiger partial charge >= 0.3 is 5.97 Å². The number of carbonyl (C=O) groups excluding carboxylic acids is 2. The fraction of sp³-hybridized carbons (Fsp3) is 0.484. The van der Waals surface area contributed by atoms with Crippen LogP contribution in [0, 0.1) is 11.8 Å². The standard InChI is InChI=1S/C24H24N2O5.C7H12O/c1-29-18-10-8-17(9-11-18)24(28)19(13-15-5-3-2-4-6-15)22(23(27)30-24)16-7-12-20-21(14-16)26-31-25-20;8-6-7-4-2-1-3-5-7/h7-12,14-15,28H,2-6,13H2,1H3;6-7H,1-5H2. The highest BCUT2D eigenvalue weighted by atomic mass is 16.7. The first-order chi connectivity index (χ1) is 19.0. The number of rotatable bonds is 6. The summed E-state index contributed by atoms with van der Waals surface area (Å²) in [6.07, 6.45) is 13.6. The topological polar surface area (TPSA) is 112 Å². The number of aromatic nitrogens is 2. The maximum absolute atomic E-state index is 13.1. The monoisotopic (exact) mass is 532 g/mol. The van der Waals surface area contributed by atoms with Crippen LogP contribution in [-0.4, -0.2) is 34.8 Å². The zero-order valence-corrected chi connectivity index (χ0v) is 22.4. The molecule has 1 unspecified atom stereocenters. The molecule has 0 radical (unpaired) electrons. The van der Waals surface area contributed by atoms with Gasteiger partial charge < -0.3 is 19.4 Å². The Kier molecular flexibility index (Phi) is 8.41. The van der Waals surface area contributed by atoms with Crippen LogP contribution in [-0.2, 0) is 20.1 Å². The molecule has 1 aromatic heterocycles. The van der Waals surface area contributed by atoms with Crippen molar-refractivity contribution in [3.63, 3.8) is 0 Å². The molecule has 0 amide bonds. The molecule has 1 N–H and O–H groups in total. The first-order valence-electron chi connectivity index (χ1n) is 14.0. The second kappa shape index (κ2) is 12.1. The molecule has 1 aliphatic heterocycles. The maximum atomic E-state index is 13.1. The number of cyclic esters (lactones) is 1. The molecule has 206 valence electrons. The normalized spacial score (nSPS) is 22.4. The van der Waals surface area contributed by atoms with Gasteiger partial charge in [0.2, 0.25) is 0 Å². The van der Waals surface area contributed by atoms with Gasteiger partial charge in [-0.1, -0.05) is 57.4 Å². The molecule has 2 heterocycles. The summed E-state index contributed by atoms with van der Waals surface area (Å²) in [6.45, 7) is 0. The first kappa shape index (κ1) is 27.1. The van der Waals surface area contributed by atoms with Gasteiger partial charge in [-0.05, 0) is 77.5 Å². The summed E-state index contributed by atoms with van der Waals surface area (Å²) in [6, 6.07) is 12.3. The van der Waals surface area contributed by atoms with Gasteiger partial charge in [0.1, 0.15) is 23.1 Å². The Bertz CT molecular complexity index is 1320. The van der Waals surface area contributed by atoms with Crippen molar-refractivity contribution in [1.29, 1.82) is 0 Å². The predicted molar refractivity (Wildman–Crippen MR) is 146 cm³/mol. The van der Waals surface area contributed by atoms with Crippen LogP contribution in [0.4, 0.5) is 0 Å². The van der Waals surface area contributed by atoms with Gasteiger partial charge in [-0.2, -0.15) is 0 Å². The molecule has 8 nitrogen and oxygen atoms in total. The average molecular weight is 533 g/mol. The Balaban J connectivity index is 0.000000332. The molecule has 3 aliphatic rings. The zero-order valence-electron chi connectivity index (χ0n) is 22.4. The third-order valence-electron chi connectivity index (χ3n) is 8.24. The largest absolute Gasteiger partial charge is 0.497 e. The summed E-state index contributed by atoms with van der Waals surface area (Å²) >= 11 is 0. The predicted octanol–water partition coefficient (Wildman–Crippen LogP) is 6.12. The Morgan fingerprint density at radius 2 is 1.62 bits per heavy atom. The number of aliphatic hydroxyl groups is 1. The van der Waals surface area contributed by atoms with Crippen molar-refractivity contribution in [2.24, 2.45) is 11.8 Å². The lowest BCUT2D eigenvalue weighted by Gasteiger charge is -2.29. The van der Waals surface area contributed by atoms with Crippen LogP contribution in [0.25, 0.3) is 16.6 Å². The minimum atomic E-state index is -1.81. The minimum Gasteiger partial charge on any atom is -0.497 e. The molecule has 0 bridgehead atoms. The lowest BCUT2D eigenvalue weighted by atomic mass is 9.80. The lowest BCUT2D eigenvalue weighted by Crippen LogP contribution is -2.30. The minimum absolute atomic E-state index is 0.397. The summed E-state index contributed by atoms with van der Waals surface area (Å²) in [7, 11) is 1.58. The average Bonchev–Trinajstić information content (AvgIpc) is 3.56. The summed E-state index contributed by atoms with van der Waals surface area (Å²) < 4.78 is 15.7. The summed E-state index contributed by atoms with van der Waals surface area (Å²) in [4.78, 5) is 23.2. The Labute approximate surface area is 228 Å². The molecule has 2 saturated carbocycles. The Morgan fingerprint density at radius 1 is 0.949 bits per heavy atom. The number of nitrogens with zero attached hydrogens (tertiary/aromatic N) is 2. The van der Waals surface area contributed by atoms with E-state index in [-0.39, 0.29) is 0 Å². The van der Waals surface area contributed by atoms with Gasteiger partial charge in [0.25, 0.3) is 5.79 Å². The number of aldehydes is 1. The van der Waals surface area contributed by atoms with Gasteiger partial charge in [-0.25, -0.2) is 9.42 Å². The van der Waals surface area contributed by atoms with E-state index in [1.165, 1.54) is 38.5 Å². The summed E-state index contributed by atoms with van der Waals surface area (Å²) in [5.41, 5.74) is 3.30. The van der Waals surface area contributed by atoms with Crippen LogP contribution in [0.2, 0.25) is 0 Å². The molecule has 0 spiro atoms. The number of ether oxygens (including phenoxy) is 2. The van der Waals surface area contributed by atoms with Crippen molar-refractivity contribution in [2.45, 2.75) is 76.4 Å². The van der Waals surface area contributed by atoms with E-state index in [0.717, 1.165) is 32.0 Å². The smallest absolute Gasteiger partial charge is 0.341 e. The zero-order chi connectivity index (χ0) is 27.2. The summed E-state index contributed by atoms with van der Waals surface area (Å²) in [5, 5.41) is 19.4. The van der Waals surface area contributed by atoms with E-state index >= 15 is 0 Å². The second-order valence-corrected chi connectivity index (χ2v) is 10.8. The highest BCUT2D eigenvalue weighted by molar-refractivity contribution is 6.20. The molecule has 3 aromatic rings. The van der Waals surface area contributed by atoms with Crippen LogP contribution < -0.4 is 4.74 Å². The maximum Gasteiger partial charge on any atom is 0.341 e. The van der Waals surface area contributed by atoms with E-state index in [1.54, 1.807) is 49.6 Å². The third kappa shape index (κ3) is 5.91. The lowest BCUT2D eigenvalue weighted by molar-refractivity contribution is -0.185. The van der Waals surface area contributed by atoms with Crippen LogP contribution in [0.5, 0.6) is 5.75 Å². The Hall–Kier alpha value is -3.52. The third-order valence-corrected chi connectivity index (χ3v) is 8.24. The van der Waals surface area contributed by atoms with Crippen molar-refractivity contribution in [1.82, 2.24) is 10.3 Å². The molecule has 1 atom stereocenters. The van der Waals surface area contributed by atoms with Crippen LogP contribution in [0.15, 0.2) is 52.7 Å². The fourth-order valence-electron chi connectivity index (χ4n) is 6.01. The van der Waals surface area contributed by atoms with E-state index in [1.807, 2.05) is 0 Å². The quantitative estimate of drug-likeness (QED) is 0.298. The second-order valence-electron chi connectivity index (χ2n) is 10.8. The van der Waals surface area contributed by atoms with Crippen molar-refractivity contribution < 1.29 is 28.8 Å². The van der Waals surface area contributed by atoms with E-state index < -0.39 is 11.8 Å². The van der Waals surface area contributed by atoms with Gasteiger partial charge in [-0.3, -0.25) is 0 Å². The molecule has 0 saturated heterocycles. The number of benzene rings is 2. The highest BCUT2D eigenvalue weighted by Crippen LogP contribution is 2.47. The van der Waals surface area contributed by atoms with Crippen LogP contribution in [0.1, 0.15) is 81.8 Å². The number of methoxy groups -OCH3 is 1. The molecule has 2 fully saturated rings. The number of fused-ring (bicyclic) bond motifs is 1. The highest BCUT2D eigenvalue weighted by Gasteiger charge is 2.48. The molecule has 2 aliphatic carbocycles. The SMILES string of the molecule is COc1ccc(C2(O)OC(=O)C(c3ccc4nonc4c3)=C2CC2CCCCC2)cc1.O=CC1CCCCC1. The number of esters is 1. The Morgan fingerprint density at radius 3 is 2.26 bits per heavy atom. The van der Waals surface area contributed by atoms with Crippen molar-refractivity contribution in [3.8, 4) is 5.75 Å². The molecule has 6 rings (SSSR count). The molecule has 39 heavy (non-hydrogen) atoms. The van der Waals surface area contributed by atoms with E-state index in [4.69, 9.17) is 14.1 Å². The van der Waals surface area contributed by atoms with Crippen LogP contribution in [0.3, 0.4) is 0 Å². The number of hydrogen-bond donors (Lipinski definition) is 1. The first-order valence-corrected chi connectivity index (χ1v) is 14.0. The van der Waals surface area contributed by atoms with Crippen molar-refractivity contribution in [3.05, 3.63) is 59.2 Å². The van der Waals surface area contributed by atoms with E-state index in [9.17, 15) is 14.7 Å². The van der Waals surface area contributed by atoms with E-state index in [0.29, 0.717) is 57.3 Å². The van der Waals surface area contributed by atoms with Gasteiger partial charge in [-0.15, -0.1) is 0 Å². The summed E-state index contributed by atoms with van der Waals surface area (Å²) in [5.74, 6) is -0.884. The molecular weight excluding hydrogens is 496 g/mol. The number of hydrogen-bond acceptors (Lipinski definition) is 8. The van der Waals surface area contributed by atoms with Crippen molar-refractivity contribution >= 4 is 28.9 Å². The fourth-order valence-corrected chi connectivity index (χ4v) is 6.01. The molecular formula is C31H36N2O6. The van der Waals surface area contributed by atoms with Crippen molar-refractivity contribution in [2.75, 3.05) is 7.11 Å². The van der Waals surface area contributed by atoms with E-state index in [2.05, 4.69) is 10.3 Å². The molecule has 8 heteroatoms. The molecule has 2 aromatic carbocycles. The van der Waals surface area contributed by atoms with Gasteiger partial charge in [0, 0.05) is 17.1 Å². The van der Waals surface area contributed by atoms with Crippen LogP contribution >= 0.6 is 0 Å².